The Morgan fingerprint density at radius 2 is 1.81 bits per heavy atom. The average molecular weight is 452 g/mol. The van der Waals surface area contributed by atoms with Crippen LogP contribution in [0.2, 0.25) is 0 Å². The fraction of sp³-hybridized carbons (Fsp3) is 0.292. The van der Waals surface area contributed by atoms with Gasteiger partial charge in [-0.3, -0.25) is 9.69 Å². The van der Waals surface area contributed by atoms with Crippen LogP contribution in [0.25, 0.3) is 0 Å². The summed E-state index contributed by atoms with van der Waals surface area (Å²) >= 11 is 1.53. The van der Waals surface area contributed by atoms with Gasteiger partial charge in [-0.05, 0) is 42.7 Å². The highest BCUT2D eigenvalue weighted by Gasteiger charge is 2.43. The monoisotopic (exact) mass is 451 g/mol. The number of nitrogens with zero attached hydrogens (tertiary/aromatic N) is 1. The SMILES string of the molecule is COC(=O)C1=C(CSc2ccc(NC(C)=O)cc2)N(C2CC2)C(=O)NC1c1ccccc1. The van der Waals surface area contributed by atoms with Crippen molar-refractivity contribution in [2.45, 2.75) is 36.7 Å². The van der Waals surface area contributed by atoms with Crippen molar-refractivity contribution in [1.29, 1.82) is 0 Å². The van der Waals surface area contributed by atoms with Crippen molar-refractivity contribution in [1.82, 2.24) is 10.2 Å². The molecular formula is C24H25N3O4S. The van der Waals surface area contributed by atoms with Crippen LogP contribution in [0.3, 0.4) is 0 Å². The maximum Gasteiger partial charge on any atom is 0.338 e. The number of hydrogen-bond acceptors (Lipinski definition) is 5. The van der Waals surface area contributed by atoms with Gasteiger partial charge in [0.2, 0.25) is 5.91 Å². The molecule has 1 atom stereocenters. The first kappa shape index (κ1) is 22.0. The Kier molecular flexibility index (Phi) is 6.50. The van der Waals surface area contributed by atoms with E-state index < -0.39 is 12.0 Å². The van der Waals surface area contributed by atoms with Crippen molar-refractivity contribution in [3.63, 3.8) is 0 Å². The van der Waals surface area contributed by atoms with Crippen LogP contribution < -0.4 is 10.6 Å². The highest BCUT2D eigenvalue weighted by atomic mass is 32.2. The number of anilines is 1. The summed E-state index contributed by atoms with van der Waals surface area (Å²) in [6, 6.07) is 16.3. The molecule has 166 valence electrons. The van der Waals surface area contributed by atoms with Crippen molar-refractivity contribution in [3.8, 4) is 0 Å². The van der Waals surface area contributed by atoms with Crippen molar-refractivity contribution >= 4 is 35.4 Å². The molecule has 1 heterocycles. The molecule has 1 unspecified atom stereocenters. The van der Waals surface area contributed by atoms with E-state index in [0.717, 1.165) is 29.0 Å². The Hall–Kier alpha value is -3.26. The maximum absolute atomic E-state index is 13.1. The average Bonchev–Trinajstić information content (AvgIpc) is 3.63. The van der Waals surface area contributed by atoms with Gasteiger partial charge in [-0.2, -0.15) is 0 Å². The predicted octanol–water partition coefficient (Wildman–Crippen LogP) is 4.09. The number of carbonyl (C=O) groups excluding carboxylic acids is 3. The third-order valence-electron chi connectivity index (χ3n) is 5.38. The van der Waals surface area contributed by atoms with Gasteiger partial charge in [0.25, 0.3) is 0 Å². The largest absolute Gasteiger partial charge is 0.466 e. The third kappa shape index (κ3) is 4.80. The molecule has 0 saturated heterocycles. The molecule has 0 spiro atoms. The predicted molar refractivity (Wildman–Crippen MR) is 123 cm³/mol. The number of nitrogens with one attached hydrogen (secondary N) is 2. The lowest BCUT2D eigenvalue weighted by molar-refractivity contribution is -0.136. The van der Waals surface area contributed by atoms with E-state index in [1.165, 1.54) is 25.8 Å². The number of urea groups is 1. The van der Waals surface area contributed by atoms with E-state index in [0.29, 0.717) is 17.0 Å². The quantitative estimate of drug-likeness (QED) is 0.489. The van der Waals surface area contributed by atoms with E-state index >= 15 is 0 Å². The standard InChI is InChI=1S/C24H25N3O4S/c1-15(28)25-17-8-12-19(13-9-17)32-14-20-21(23(29)31-2)22(16-6-4-3-5-7-16)26-24(30)27(20)18-10-11-18/h3-9,12-13,18,22H,10-11,14H2,1-2H3,(H,25,28)(H,26,30). The molecule has 8 heteroatoms. The summed E-state index contributed by atoms with van der Waals surface area (Å²) < 4.78 is 5.14. The molecule has 3 amide bonds. The topological polar surface area (TPSA) is 87.7 Å². The van der Waals surface area contributed by atoms with E-state index in [4.69, 9.17) is 4.74 Å². The minimum Gasteiger partial charge on any atom is -0.466 e. The maximum atomic E-state index is 13.1. The molecule has 0 bridgehead atoms. The Bertz CT molecular complexity index is 1050. The van der Waals surface area contributed by atoms with Gasteiger partial charge in [-0.25, -0.2) is 9.59 Å². The zero-order valence-electron chi connectivity index (χ0n) is 18.0. The first-order chi connectivity index (χ1) is 15.5. The molecule has 0 radical (unpaired) electrons. The lowest BCUT2D eigenvalue weighted by Gasteiger charge is -2.36. The second-order valence-electron chi connectivity index (χ2n) is 7.74. The molecule has 1 aliphatic heterocycles. The lowest BCUT2D eigenvalue weighted by atomic mass is 9.95. The van der Waals surface area contributed by atoms with Gasteiger partial charge in [0.1, 0.15) is 0 Å². The molecule has 0 aromatic heterocycles. The highest BCUT2D eigenvalue weighted by molar-refractivity contribution is 7.99. The number of ether oxygens (including phenoxy) is 1. The third-order valence-corrected chi connectivity index (χ3v) is 6.40. The molecule has 7 nitrogen and oxygen atoms in total. The second-order valence-corrected chi connectivity index (χ2v) is 8.79. The number of amides is 3. The number of hydrogen-bond donors (Lipinski definition) is 2. The number of methoxy groups -OCH3 is 1. The smallest absolute Gasteiger partial charge is 0.338 e. The number of esters is 1. The van der Waals surface area contributed by atoms with E-state index in [-0.39, 0.29) is 18.0 Å². The molecule has 1 aliphatic carbocycles. The normalized spacial score (nSPS) is 18.2. The van der Waals surface area contributed by atoms with Crippen LogP contribution in [0.15, 0.2) is 70.8 Å². The first-order valence-electron chi connectivity index (χ1n) is 10.4. The van der Waals surface area contributed by atoms with Crippen LogP contribution in [0.4, 0.5) is 10.5 Å². The van der Waals surface area contributed by atoms with Gasteiger partial charge in [-0.1, -0.05) is 30.3 Å². The van der Waals surface area contributed by atoms with E-state index in [9.17, 15) is 14.4 Å². The molecule has 2 aromatic carbocycles. The number of thioether (sulfide) groups is 1. The zero-order chi connectivity index (χ0) is 22.7. The van der Waals surface area contributed by atoms with Gasteiger partial charge in [0.15, 0.2) is 0 Å². The lowest BCUT2D eigenvalue weighted by Crippen LogP contribution is -2.50. The van der Waals surface area contributed by atoms with E-state index in [2.05, 4.69) is 10.6 Å². The summed E-state index contributed by atoms with van der Waals surface area (Å²) in [5.41, 5.74) is 2.71. The molecule has 1 fully saturated rings. The van der Waals surface area contributed by atoms with Gasteiger partial charge in [0, 0.05) is 35.0 Å². The summed E-state index contributed by atoms with van der Waals surface area (Å²) in [6.45, 7) is 1.47. The summed E-state index contributed by atoms with van der Waals surface area (Å²) in [7, 11) is 1.36. The van der Waals surface area contributed by atoms with Crippen molar-refractivity contribution < 1.29 is 19.1 Å². The molecule has 32 heavy (non-hydrogen) atoms. The van der Waals surface area contributed by atoms with Crippen LogP contribution in [0, 0.1) is 0 Å². The second kappa shape index (κ2) is 9.48. The minimum atomic E-state index is -0.566. The van der Waals surface area contributed by atoms with Crippen molar-refractivity contribution in [2.75, 3.05) is 18.2 Å². The summed E-state index contributed by atoms with van der Waals surface area (Å²) in [5, 5.41) is 5.75. The van der Waals surface area contributed by atoms with Crippen LogP contribution in [0.5, 0.6) is 0 Å². The number of benzene rings is 2. The van der Waals surface area contributed by atoms with Crippen molar-refractivity contribution in [2.24, 2.45) is 0 Å². The minimum absolute atomic E-state index is 0.101. The first-order valence-corrected chi connectivity index (χ1v) is 11.4. The van der Waals surface area contributed by atoms with Gasteiger partial charge in [0.05, 0.1) is 18.7 Å². The van der Waals surface area contributed by atoms with Crippen LogP contribution in [0.1, 0.15) is 31.4 Å². The Morgan fingerprint density at radius 1 is 1.12 bits per heavy atom. The molecule has 2 aromatic rings. The summed E-state index contributed by atoms with van der Waals surface area (Å²) in [4.78, 5) is 39.9. The Labute approximate surface area is 191 Å². The van der Waals surface area contributed by atoms with E-state index in [1.807, 2.05) is 54.6 Å². The highest BCUT2D eigenvalue weighted by Crippen LogP contribution is 2.40. The summed E-state index contributed by atoms with van der Waals surface area (Å²) in [6.07, 6.45) is 1.83. The van der Waals surface area contributed by atoms with Crippen LogP contribution in [-0.2, 0) is 14.3 Å². The van der Waals surface area contributed by atoms with Gasteiger partial charge in [-0.15, -0.1) is 11.8 Å². The Morgan fingerprint density at radius 3 is 2.41 bits per heavy atom. The molecule has 2 aliphatic rings. The fourth-order valence-corrected chi connectivity index (χ4v) is 4.71. The summed E-state index contributed by atoms with van der Waals surface area (Å²) in [5.74, 6) is -0.128. The number of rotatable bonds is 7. The molecule has 2 N–H and O–H groups in total. The Balaban J connectivity index is 1.67. The molecule has 1 saturated carbocycles. The van der Waals surface area contributed by atoms with Gasteiger partial charge >= 0.3 is 12.0 Å². The molecule has 4 rings (SSSR count). The zero-order valence-corrected chi connectivity index (χ0v) is 18.8. The van der Waals surface area contributed by atoms with Gasteiger partial charge < -0.3 is 15.4 Å². The van der Waals surface area contributed by atoms with Crippen LogP contribution in [-0.4, -0.2) is 41.7 Å². The molecular weight excluding hydrogens is 426 g/mol. The van der Waals surface area contributed by atoms with Crippen LogP contribution >= 0.6 is 11.8 Å². The number of carbonyl (C=O) groups is 3. The fourth-order valence-electron chi connectivity index (χ4n) is 3.78. The van der Waals surface area contributed by atoms with E-state index in [1.54, 1.807) is 4.90 Å². The van der Waals surface area contributed by atoms with Crippen molar-refractivity contribution in [3.05, 3.63) is 71.4 Å².